The maximum Gasteiger partial charge on any atom is 0.309 e. The van der Waals surface area contributed by atoms with Crippen LogP contribution in [0, 0.1) is 0 Å². The molecule has 0 radical (unpaired) electrons. The highest BCUT2D eigenvalue weighted by molar-refractivity contribution is 6.31. The van der Waals surface area contributed by atoms with Crippen LogP contribution in [0.3, 0.4) is 0 Å². The van der Waals surface area contributed by atoms with Crippen LogP contribution in [0.2, 0.25) is 5.02 Å². The van der Waals surface area contributed by atoms with Crippen LogP contribution in [-0.2, 0) is 16.0 Å². The van der Waals surface area contributed by atoms with E-state index in [1.807, 2.05) is 24.3 Å². The van der Waals surface area contributed by atoms with Crippen LogP contribution in [0.1, 0.15) is 5.56 Å². The second-order valence-corrected chi connectivity index (χ2v) is 5.02. The molecule has 2 aromatic carbocycles. The number of fused-ring (bicyclic) bond motifs is 1. The third-order valence-corrected chi connectivity index (χ3v) is 3.33. The van der Waals surface area contributed by atoms with Crippen LogP contribution < -0.4 is 0 Å². The van der Waals surface area contributed by atoms with Crippen molar-refractivity contribution in [3.05, 3.63) is 53.1 Å². The number of benzene rings is 2. The lowest BCUT2D eigenvalue weighted by atomic mass is 10.1. The molecule has 3 rings (SSSR count). The van der Waals surface area contributed by atoms with Crippen molar-refractivity contribution in [1.82, 2.24) is 4.98 Å². The first-order chi connectivity index (χ1) is 10.2. The van der Waals surface area contributed by atoms with Crippen molar-refractivity contribution >= 4 is 28.7 Å². The molecule has 0 fully saturated rings. The quantitative estimate of drug-likeness (QED) is 0.689. The first kappa shape index (κ1) is 13.6. The summed E-state index contributed by atoms with van der Waals surface area (Å²) in [6.07, 6.45) is 0.219. The Balaban J connectivity index is 1.98. The van der Waals surface area contributed by atoms with Crippen molar-refractivity contribution < 1.29 is 13.9 Å². The number of carbonyl (C=O) groups excluding carboxylic acids is 1. The van der Waals surface area contributed by atoms with E-state index >= 15 is 0 Å². The molecule has 4 nitrogen and oxygen atoms in total. The van der Waals surface area contributed by atoms with Crippen LogP contribution in [-0.4, -0.2) is 18.1 Å². The van der Waals surface area contributed by atoms with Gasteiger partial charge in [0, 0.05) is 10.6 Å². The second kappa shape index (κ2) is 5.58. The lowest BCUT2D eigenvalue weighted by Crippen LogP contribution is -2.04. The van der Waals surface area contributed by atoms with E-state index in [9.17, 15) is 4.79 Å². The third-order valence-electron chi connectivity index (χ3n) is 3.10. The van der Waals surface area contributed by atoms with Crippen molar-refractivity contribution in [3.63, 3.8) is 0 Å². The summed E-state index contributed by atoms with van der Waals surface area (Å²) in [6, 6.07) is 12.8. The summed E-state index contributed by atoms with van der Waals surface area (Å²) >= 11 is 5.94. The molecule has 0 aliphatic rings. The molecule has 0 aliphatic carbocycles. The van der Waals surface area contributed by atoms with Crippen molar-refractivity contribution in [2.75, 3.05) is 7.11 Å². The van der Waals surface area contributed by atoms with Gasteiger partial charge < -0.3 is 9.15 Å². The monoisotopic (exact) mass is 301 g/mol. The first-order valence-corrected chi connectivity index (χ1v) is 6.76. The van der Waals surface area contributed by atoms with Gasteiger partial charge in [0.25, 0.3) is 0 Å². The number of oxazole rings is 1. The summed E-state index contributed by atoms with van der Waals surface area (Å²) in [7, 11) is 1.37. The number of esters is 1. The predicted molar refractivity (Wildman–Crippen MR) is 80.2 cm³/mol. The molecule has 0 unspecified atom stereocenters. The van der Waals surface area contributed by atoms with Gasteiger partial charge in [-0.15, -0.1) is 0 Å². The Morgan fingerprint density at radius 2 is 2.14 bits per heavy atom. The number of ether oxygens (including phenoxy) is 1. The topological polar surface area (TPSA) is 52.3 Å². The van der Waals surface area contributed by atoms with Gasteiger partial charge in [0.05, 0.1) is 13.5 Å². The van der Waals surface area contributed by atoms with Crippen molar-refractivity contribution in [2.24, 2.45) is 0 Å². The highest BCUT2D eigenvalue weighted by Crippen LogP contribution is 2.26. The Morgan fingerprint density at radius 1 is 1.29 bits per heavy atom. The zero-order valence-electron chi connectivity index (χ0n) is 11.3. The summed E-state index contributed by atoms with van der Waals surface area (Å²) in [5.41, 5.74) is 3.03. The van der Waals surface area contributed by atoms with E-state index in [0.717, 1.165) is 11.1 Å². The molecule has 0 amide bonds. The standard InChI is InChI=1S/C16H12ClNO3/c1-20-15(19)8-10-3-2-4-11(7-10)16-18-13-9-12(17)5-6-14(13)21-16/h2-7,9H,8H2,1H3. The summed E-state index contributed by atoms with van der Waals surface area (Å²) in [4.78, 5) is 15.7. The smallest absolute Gasteiger partial charge is 0.309 e. The average molecular weight is 302 g/mol. The molecule has 0 saturated heterocycles. The Labute approximate surface area is 126 Å². The molecule has 0 aliphatic heterocycles. The molecule has 3 aromatic rings. The van der Waals surface area contributed by atoms with E-state index in [2.05, 4.69) is 9.72 Å². The van der Waals surface area contributed by atoms with Gasteiger partial charge in [-0.3, -0.25) is 4.79 Å². The van der Waals surface area contributed by atoms with E-state index < -0.39 is 0 Å². The molecule has 1 heterocycles. The zero-order valence-corrected chi connectivity index (χ0v) is 12.1. The molecule has 0 saturated carbocycles. The number of halogens is 1. The van der Waals surface area contributed by atoms with Gasteiger partial charge >= 0.3 is 5.97 Å². The van der Waals surface area contributed by atoms with E-state index in [4.69, 9.17) is 16.0 Å². The summed E-state index contributed by atoms with van der Waals surface area (Å²) in [5, 5.41) is 0.613. The minimum absolute atomic E-state index is 0.219. The number of hydrogen-bond acceptors (Lipinski definition) is 4. The van der Waals surface area contributed by atoms with E-state index in [1.54, 1.807) is 18.2 Å². The molecule has 0 atom stereocenters. The fourth-order valence-electron chi connectivity index (χ4n) is 2.08. The lowest BCUT2D eigenvalue weighted by molar-refractivity contribution is -0.139. The molecular weight excluding hydrogens is 290 g/mol. The van der Waals surface area contributed by atoms with Crippen LogP contribution in [0.15, 0.2) is 46.9 Å². The maximum absolute atomic E-state index is 11.3. The maximum atomic E-state index is 11.3. The minimum Gasteiger partial charge on any atom is -0.469 e. The molecule has 0 bridgehead atoms. The molecule has 1 aromatic heterocycles. The van der Waals surface area contributed by atoms with Crippen LogP contribution in [0.4, 0.5) is 0 Å². The number of aromatic nitrogens is 1. The SMILES string of the molecule is COC(=O)Cc1cccc(-c2nc3cc(Cl)ccc3o2)c1. The van der Waals surface area contributed by atoms with Crippen molar-refractivity contribution in [2.45, 2.75) is 6.42 Å². The van der Waals surface area contributed by atoms with Crippen molar-refractivity contribution in [3.8, 4) is 11.5 Å². The summed E-state index contributed by atoms with van der Waals surface area (Å²) in [5.74, 6) is 0.218. The summed E-state index contributed by atoms with van der Waals surface area (Å²) in [6.45, 7) is 0. The highest BCUT2D eigenvalue weighted by Gasteiger charge is 2.10. The Hall–Kier alpha value is -2.33. The van der Waals surface area contributed by atoms with Gasteiger partial charge in [-0.25, -0.2) is 4.98 Å². The number of hydrogen-bond donors (Lipinski definition) is 0. The number of rotatable bonds is 3. The molecule has 21 heavy (non-hydrogen) atoms. The normalized spacial score (nSPS) is 10.8. The average Bonchev–Trinajstić information content (AvgIpc) is 2.90. The van der Waals surface area contributed by atoms with Crippen LogP contribution >= 0.6 is 11.6 Å². The minimum atomic E-state index is -0.281. The van der Waals surface area contributed by atoms with E-state index in [0.29, 0.717) is 22.0 Å². The second-order valence-electron chi connectivity index (χ2n) is 4.58. The fraction of sp³-hybridized carbons (Fsp3) is 0.125. The third kappa shape index (κ3) is 2.90. The molecule has 0 spiro atoms. The summed E-state index contributed by atoms with van der Waals surface area (Å²) < 4.78 is 10.4. The largest absolute Gasteiger partial charge is 0.469 e. The number of carbonyl (C=O) groups is 1. The molecule has 106 valence electrons. The van der Waals surface area contributed by atoms with Gasteiger partial charge in [-0.05, 0) is 35.9 Å². The number of nitrogens with zero attached hydrogens (tertiary/aromatic N) is 1. The Morgan fingerprint density at radius 3 is 2.95 bits per heavy atom. The Bertz CT molecular complexity index is 810. The molecule has 0 N–H and O–H groups in total. The van der Waals surface area contributed by atoms with E-state index in [-0.39, 0.29) is 12.4 Å². The van der Waals surface area contributed by atoms with Gasteiger partial charge in [-0.1, -0.05) is 23.7 Å². The Kier molecular flexibility index (Phi) is 3.62. The van der Waals surface area contributed by atoms with Crippen LogP contribution in [0.25, 0.3) is 22.6 Å². The number of methoxy groups -OCH3 is 1. The van der Waals surface area contributed by atoms with Crippen LogP contribution in [0.5, 0.6) is 0 Å². The highest BCUT2D eigenvalue weighted by atomic mass is 35.5. The van der Waals surface area contributed by atoms with E-state index in [1.165, 1.54) is 7.11 Å². The van der Waals surface area contributed by atoms with Gasteiger partial charge in [0.15, 0.2) is 5.58 Å². The molecular formula is C16H12ClNO3. The van der Waals surface area contributed by atoms with Gasteiger partial charge in [0.1, 0.15) is 5.52 Å². The van der Waals surface area contributed by atoms with Crippen molar-refractivity contribution in [1.29, 1.82) is 0 Å². The predicted octanol–water partition coefficient (Wildman–Crippen LogP) is 3.86. The molecule has 5 heteroatoms. The fourth-order valence-corrected chi connectivity index (χ4v) is 2.24. The van der Waals surface area contributed by atoms with Gasteiger partial charge in [0.2, 0.25) is 5.89 Å². The zero-order chi connectivity index (χ0) is 14.8. The lowest BCUT2D eigenvalue weighted by Gasteiger charge is -2.01. The van der Waals surface area contributed by atoms with Gasteiger partial charge in [-0.2, -0.15) is 0 Å². The first-order valence-electron chi connectivity index (χ1n) is 6.38.